The van der Waals surface area contributed by atoms with Gasteiger partial charge in [-0.2, -0.15) is 15.3 Å². The van der Waals surface area contributed by atoms with Crippen LogP contribution in [0.2, 0.25) is 0 Å². The van der Waals surface area contributed by atoms with E-state index in [9.17, 15) is 23.6 Å². The highest BCUT2D eigenvalue weighted by atomic mass is 19.1. The smallest absolute Gasteiger partial charge is 0.269 e. The highest BCUT2D eigenvalue weighted by molar-refractivity contribution is 6.05. The van der Waals surface area contributed by atoms with E-state index in [2.05, 4.69) is 30.6 Å². The number of H-pyrrole nitrogens is 1. The van der Waals surface area contributed by atoms with Crippen molar-refractivity contribution in [3.63, 3.8) is 0 Å². The summed E-state index contributed by atoms with van der Waals surface area (Å²) in [6, 6.07) is 7.04. The average Bonchev–Trinajstić information content (AvgIpc) is 3.25. The lowest BCUT2D eigenvalue weighted by Gasteiger charge is -2.14. The van der Waals surface area contributed by atoms with Crippen molar-refractivity contribution in [3.8, 4) is 11.1 Å². The number of benzene rings is 1. The largest absolute Gasteiger partial charge is 0.364 e. The molecule has 0 spiro atoms. The lowest BCUT2D eigenvalue weighted by molar-refractivity contribution is -0.120. The number of aromatic amines is 1. The van der Waals surface area contributed by atoms with Crippen molar-refractivity contribution < 1.29 is 18.8 Å². The molecule has 0 radical (unpaired) electrons. The number of nitrogens with zero attached hydrogens (tertiary/aromatic N) is 5. The number of halogens is 1. The first-order valence-corrected chi connectivity index (χ1v) is 11.8. The van der Waals surface area contributed by atoms with E-state index in [1.807, 2.05) is 0 Å². The zero-order valence-electron chi connectivity index (χ0n) is 20.4. The third kappa shape index (κ3) is 6.30. The predicted molar refractivity (Wildman–Crippen MR) is 136 cm³/mol. The van der Waals surface area contributed by atoms with Crippen molar-refractivity contribution in [1.29, 1.82) is 0 Å². The van der Waals surface area contributed by atoms with Crippen molar-refractivity contribution in [2.75, 3.05) is 5.32 Å². The van der Waals surface area contributed by atoms with E-state index in [4.69, 9.17) is 5.73 Å². The Balaban J connectivity index is 1.36. The van der Waals surface area contributed by atoms with Crippen molar-refractivity contribution in [2.45, 2.75) is 38.9 Å². The number of ketones is 1. The molecule has 3 aromatic heterocycles. The Morgan fingerprint density at radius 2 is 1.95 bits per heavy atom. The standard InChI is InChI=1S/C25H25FN8O4/c1-14(25(38)32-21-11-28-12-22(36)31-21)8-17(26)3-4-18(35)13-34-20-5-2-15(16-6-7-29-30-10-16)9-19(20)23(33-34)24(27)37/h2,5-7,9-12,14,17H,3-4,8,13H2,1H3,(H2,27,37)(H2,31,32,36,38). The Morgan fingerprint density at radius 3 is 2.66 bits per heavy atom. The van der Waals surface area contributed by atoms with Gasteiger partial charge in [-0.25, -0.2) is 4.39 Å². The molecule has 4 aromatic rings. The molecule has 196 valence electrons. The summed E-state index contributed by atoms with van der Waals surface area (Å²) in [5.74, 6) is -2.10. The average molecular weight is 521 g/mol. The molecular weight excluding hydrogens is 495 g/mol. The van der Waals surface area contributed by atoms with Crippen LogP contribution in [0.25, 0.3) is 22.0 Å². The van der Waals surface area contributed by atoms with Crippen molar-refractivity contribution in [2.24, 2.45) is 11.7 Å². The number of primary amides is 1. The first-order valence-electron chi connectivity index (χ1n) is 11.8. The third-order valence-corrected chi connectivity index (χ3v) is 5.93. The number of nitrogens with two attached hydrogens (primary N) is 1. The quantitative estimate of drug-likeness (QED) is 0.269. The number of amides is 2. The Labute approximate surface area is 215 Å². The number of carbonyl (C=O) groups is 3. The van der Waals surface area contributed by atoms with Crippen molar-refractivity contribution in [3.05, 3.63) is 65.1 Å². The van der Waals surface area contributed by atoms with Crippen LogP contribution in [0.15, 0.2) is 53.8 Å². The molecule has 0 aliphatic heterocycles. The van der Waals surface area contributed by atoms with Crippen LogP contribution in [-0.2, 0) is 16.1 Å². The number of anilines is 1. The van der Waals surface area contributed by atoms with Gasteiger partial charge >= 0.3 is 0 Å². The molecule has 2 unspecified atom stereocenters. The maximum Gasteiger partial charge on any atom is 0.269 e. The fourth-order valence-electron chi connectivity index (χ4n) is 3.99. The fourth-order valence-corrected chi connectivity index (χ4v) is 3.99. The highest BCUT2D eigenvalue weighted by Gasteiger charge is 2.21. The first kappa shape index (κ1) is 26.3. The van der Waals surface area contributed by atoms with Crippen LogP contribution in [0, 0.1) is 5.92 Å². The molecule has 0 saturated heterocycles. The van der Waals surface area contributed by atoms with Gasteiger partial charge < -0.3 is 16.0 Å². The molecule has 0 aliphatic rings. The van der Waals surface area contributed by atoms with Gasteiger partial charge in [0.1, 0.15) is 18.5 Å². The fraction of sp³-hybridized carbons (Fsp3) is 0.280. The van der Waals surface area contributed by atoms with E-state index in [1.165, 1.54) is 10.9 Å². The summed E-state index contributed by atoms with van der Waals surface area (Å²) in [5.41, 5.74) is 7.15. The number of hydrogen-bond acceptors (Lipinski definition) is 8. The monoisotopic (exact) mass is 520 g/mol. The van der Waals surface area contributed by atoms with Crippen LogP contribution < -0.4 is 16.6 Å². The van der Waals surface area contributed by atoms with E-state index in [0.29, 0.717) is 10.9 Å². The van der Waals surface area contributed by atoms with Gasteiger partial charge in [0.15, 0.2) is 11.5 Å². The number of alkyl halides is 1. The van der Waals surface area contributed by atoms with Crippen LogP contribution in [0.4, 0.5) is 10.2 Å². The number of carbonyl (C=O) groups excluding carboxylic acids is 3. The molecule has 0 bridgehead atoms. The summed E-state index contributed by atoms with van der Waals surface area (Å²) in [6.07, 6.45) is 3.79. The summed E-state index contributed by atoms with van der Waals surface area (Å²) in [7, 11) is 0. The summed E-state index contributed by atoms with van der Waals surface area (Å²) < 4.78 is 16.0. The molecule has 3 heterocycles. The second kappa shape index (κ2) is 11.5. The van der Waals surface area contributed by atoms with Crippen LogP contribution >= 0.6 is 0 Å². The minimum absolute atomic E-state index is 0.0230. The molecule has 4 rings (SSSR count). The summed E-state index contributed by atoms with van der Waals surface area (Å²) in [6.45, 7) is 1.38. The van der Waals surface area contributed by atoms with Gasteiger partial charge in [0.05, 0.1) is 30.3 Å². The second-order valence-electron chi connectivity index (χ2n) is 8.84. The van der Waals surface area contributed by atoms with Gasteiger partial charge in [-0.1, -0.05) is 13.0 Å². The Morgan fingerprint density at radius 1 is 1.13 bits per heavy atom. The first-order chi connectivity index (χ1) is 18.2. The number of nitrogens with one attached hydrogen (secondary N) is 2. The molecule has 2 amide bonds. The minimum atomic E-state index is -1.40. The van der Waals surface area contributed by atoms with Crippen LogP contribution in [0.5, 0.6) is 0 Å². The van der Waals surface area contributed by atoms with Gasteiger partial charge in [-0.05, 0) is 36.6 Å². The van der Waals surface area contributed by atoms with Crippen LogP contribution in [-0.4, -0.2) is 53.7 Å². The van der Waals surface area contributed by atoms with Crippen molar-refractivity contribution >= 4 is 34.3 Å². The molecule has 0 aliphatic carbocycles. The number of Topliss-reactive ketones (excluding diaryl/α,β-unsaturated/α-hetero) is 1. The summed E-state index contributed by atoms with van der Waals surface area (Å²) >= 11 is 0. The van der Waals surface area contributed by atoms with E-state index in [1.54, 1.807) is 43.6 Å². The van der Waals surface area contributed by atoms with E-state index < -0.39 is 29.5 Å². The Bertz CT molecular complexity index is 1540. The van der Waals surface area contributed by atoms with Crippen LogP contribution in [0.3, 0.4) is 0 Å². The van der Waals surface area contributed by atoms with E-state index >= 15 is 0 Å². The second-order valence-corrected chi connectivity index (χ2v) is 8.84. The number of rotatable bonds is 11. The molecule has 0 saturated carbocycles. The lowest BCUT2D eigenvalue weighted by Crippen LogP contribution is -2.25. The van der Waals surface area contributed by atoms with Gasteiger partial charge in [0.25, 0.3) is 11.5 Å². The minimum Gasteiger partial charge on any atom is -0.364 e. The predicted octanol–water partition coefficient (Wildman–Crippen LogP) is 2.03. The SMILES string of the molecule is CC(CC(F)CCC(=O)Cn1nc(C(N)=O)c2cc(-c3ccnnc3)ccc21)C(=O)Nc1cncc(=O)[nH]1. The molecule has 1 aromatic carbocycles. The number of aromatic nitrogens is 6. The third-order valence-electron chi connectivity index (χ3n) is 5.93. The lowest BCUT2D eigenvalue weighted by atomic mass is 10.00. The summed E-state index contributed by atoms with van der Waals surface area (Å²) in [5, 5.41) is 14.8. The molecule has 4 N–H and O–H groups in total. The molecule has 13 heteroatoms. The number of fused-ring (bicyclic) bond motifs is 1. The maximum absolute atomic E-state index is 14.6. The highest BCUT2D eigenvalue weighted by Crippen LogP contribution is 2.26. The van der Waals surface area contributed by atoms with Gasteiger partial charge in [0.2, 0.25) is 5.91 Å². The van der Waals surface area contributed by atoms with E-state index in [0.717, 1.165) is 17.3 Å². The molecular formula is C25H25FN8O4. The Hall–Kier alpha value is -4.81. The normalized spacial score (nSPS) is 12.7. The van der Waals surface area contributed by atoms with Crippen LogP contribution in [0.1, 0.15) is 36.7 Å². The van der Waals surface area contributed by atoms with Crippen molar-refractivity contribution in [1.82, 2.24) is 29.9 Å². The topological polar surface area (TPSA) is 179 Å². The summed E-state index contributed by atoms with van der Waals surface area (Å²) in [4.78, 5) is 54.3. The molecule has 0 fully saturated rings. The molecule has 38 heavy (non-hydrogen) atoms. The number of hydrogen-bond donors (Lipinski definition) is 3. The molecule has 2 atom stereocenters. The maximum atomic E-state index is 14.6. The van der Waals surface area contributed by atoms with Gasteiger partial charge in [-0.3, -0.25) is 28.8 Å². The zero-order valence-corrected chi connectivity index (χ0v) is 20.4. The van der Waals surface area contributed by atoms with E-state index in [-0.39, 0.29) is 43.1 Å². The van der Waals surface area contributed by atoms with Gasteiger partial charge in [-0.15, -0.1) is 0 Å². The molecule has 12 nitrogen and oxygen atoms in total. The Kier molecular flexibility index (Phi) is 7.94. The zero-order chi connectivity index (χ0) is 27.2. The van der Waals surface area contributed by atoms with Gasteiger partial charge in [0, 0.05) is 23.3 Å².